The van der Waals surface area contributed by atoms with Crippen molar-refractivity contribution >= 4 is 46.1 Å². The molecule has 176 valence electrons. The maximum atomic E-state index is 12.9. The van der Waals surface area contributed by atoms with Gasteiger partial charge in [0.05, 0.1) is 11.2 Å². The van der Waals surface area contributed by atoms with Crippen LogP contribution in [0.15, 0.2) is 84.9 Å². The van der Waals surface area contributed by atoms with Crippen LogP contribution in [0.1, 0.15) is 44.5 Å². The molecule has 4 aromatic rings. The molecule has 0 saturated carbocycles. The van der Waals surface area contributed by atoms with Crippen LogP contribution in [-0.4, -0.2) is 34.5 Å². The predicted molar refractivity (Wildman–Crippen MR) is 135 cm³/mol. The van der Waals surface area contributed by atoms with Crippen LogP contribution < -0.4 is 5.32 Å². The molecule has 7 heteroatoms. The highest BCUT2D eigenvalue weighted by Gasteiger charge is 2.29. The zero-order valence-corrected chi connectivity index (χ0v) is 19.2. The molecule has 1 aliphatic carbocycles. The number of benzene rings is 3. The number of nitrogens with zero attached hydrogens (tertiary/aromatic N) is 1. The highest BCUT2D eigenvalue weighted by Crippen LogP contribution is 2.29. The number of fused-ring (bicyclic) bond motifs is 3. The van der Waals surface area contributed by atoms with E-state index in [0.717, 1.165) is 10.9 Å². The monoisotopic (exact) mass is 476 g/mol. The van der Waals surface area contributed by atoms with E-state index in [9.17, 15) is 19.2 Å². The molecule has 1 amide bonds. The van der Waals surface area contributed by atoms with Gasteiger partial charge < -0.3 is 10.1 Å². The number of ether oxygens (including phenoxy) is 1. The molecule has 36 heavy (non-hydrogen) atoms. The van der Waals surface area contributed by atoms with Crippen LogP contribution >= 0.6 is 0 Å². The average Bonchev–Trinajstić information content (AvgIpc) is 2.90. The third-order valence-corrected chi connectivity index (χ3v) is 5.86. The molecular formula is C29H20N2O5. The van der Waals surface area contributed by atoms with Crippen molar-refractivity contribution < 1.29 is 23.9 Å². The Morgan fingerprint density at radius 1 is 0.833 bits per heavy atom. The summed E-state index contributed by atoms with van der Waals surface area (Å²) >= 11 is 0. The van der Waals surface area contributed by atoms with Gasteiger partial charge in [-0.05, 0) is 43.3 Å². The number of pyridine rings is 1. The number of hydrogen-bond donors (Lipinski definition) is 1. The average molecular weight is 476 g/mol. The molecule has 0 saturated heterocycles. The Bertz CT molecular complexity index is 1590. The molecule has 5 rings (SSSR count). The molecule has 1 aliphatic rings. The summed E-state index contributed by atoms with van der Waals surface area (Å²) in [6.45, 7) is 1.44. The van der Waals surface area contributed by atoms with Gasteiger partial charge in [0.1, 0.15) is 0 Å². The van der Waals surface area contributed by atoms with E-state index in [0.29, 0.717) is 22.5 Å². The second-order valence-corrected chi connectivity index (χ2v) is 8.29. The molecule has 1 unspecified atom stereocenters. The van der Waals surface area contributed by atoms with Crippen molar-refractivity contribution in [3.63, 3.8) is 0 Å². The van der Waals surface area contributed by atoms with Gasteiger partial charge in [-0.1, -0.05) is 48.5 Å². The topological polar surface area (TPSA) is 102 Å². The van der Waals surface area contributed by atoms with Crippen LogP contribution in [0.3, 0.4) is 0 Å². The lowest BCUT2D eigenvalue weighted by atomic mass is 9.84. The molecule has 0 bridgehead atoms. The quantitative estimate of drug-likeness (QED) is 0.294. The summed E-state index contributed by atoms with van der Waals surface area (Å²) in [6.07, 6.45) is 1.63. The Kier molecular flexibility index (Phi) is 5.96. The van der Waals surface area contributed by atoms with Crippen molar-refractivity contribution in [1.29, 1.82) is 0 Å². The second-order valence-electron chi connectivity index (χ2n) is 8.29. The van der Waals surface area contributed by atoms with Crippen molar-refractivity contribution in [2.45, 2.75) is 13.0 Å². The molecule has 0 aliphatic heterocycles. The molecule has 0 radical (unpaired) electrons. The molecule has 0 spiro atoms. The van der Waals surface area contributed by atoms with E-state index in [4.69, 9.17) is 4.74 Å². The van der Waals surface area contributed by atoms with Gasteiger partial charge in [0.25, 0.3) is 5.91 Å². The Morgan fingerprint density at radius 2 is 1.50 bits per heavy atom. The van der Waals surface area contributed by atoms with E-state index < -0.39 is 18.0 Å². The van der Waals surface area contributed by atoms with E-state index in [1.54, 1.807) is 30.3 Å². The van der Waals surface area contributed by atoms with Crippen LogP contribution in [0.4, 0.5) is 5.69 Å². The number of carbonyl (C=O) groups is 4. The maximum absolute atomic E-state index is 12.9. The van der Waals surface area contributed by atoms with Crippen molar-refractivity contribution in [2.75, 3.05) is 5.32 Å². The minimum absolute atomic E-state index is 0.215. The lowest BCUT2D eigenvalue weighted by molar-refractivity contribution is -0.148. The summed E-state index contributed by atoms with van der Waals surface area (Å²) in [5.41, 5.74) is 2.88. The number of hydrogen-bond acceptors (Lipinski definition) is 6. The zero-order chi connectivity index (χ0) is 25.2. The summed E-state index contributed by atoms with van der Waals surface area (Å²) in [4.78, 5) is 54.9. The van der Waals surface area contributed by atoms with Gasteiger partial charge in [-0.2, -0.15) is 0 Å². The predicted octanol–water partition coefficient (Wildman–Crippen LogP) is 4.59. The van der Waals surface area contributed by atoms with E-state index in [1.807, 2.05) is 30.3 Å². The van der Waals surface area contributed by atoms with Gasteiger partial charge in [0.15, 0.2) is 17.7 Å². The fourth-order valence-corrected chi connectivity index (χ4v) is 4.02. The number of aromatic nitrogens is 1. The molecular weight excluding hydrogens is 456 g/mol. The number of esters is 1. The fourth-order valence-electron chi connectivity index (χ4n) is 4.02. The van der Waals surface area contributed by atoms with E-state index in [-0.39, 0.29) is 22.7 Å². The smallest absolute Gasteiger partial charge is 0.331 e. The summed E-state index contributed by atoms with van der Waals surface area (Å²) in [5.74, 6) is -1.80. The van der Waals surface area contributed by atoms with Crippen molar-refractivity contribution in [2.24, 2.45) is 0 Å². The summed E-state index contributed by atoms with van der Waals surface area (Å²) < 4.78 is 5.20. The minimum atomic E-state index is -1.10. The first-order valence-electron chi connectivity index (χ1n) is 11.3. The highest BCUT2D eigenvalue weighted by atomic mass is 16.5. The fraction of sp³-hybridized carbons (Fsp3) is 0.0690. The number of rotatable bonds is 5. The lowest BCUT2D eigenvalue weighted by Gasteiger charge is -2.18. The Labute approximate surface area is 206 Å². The second kappa shape index (κ2) is 9.38. The minimum Gasteiger partial charge on any atom is -0.449 e. The van der Waals surface area contributed by atoms with Crippen LogP contribution in [0.2, 0.25) is 0 Å². The normalized spacial score (nSPS) is 13.2. The van der Waals surface area contributed by atoms with Gasteiger partial charge in [-0.3, -0.25) is 14.4 Å². The van der Waals surface area contributed by atoms with Crippen molar-refractivity contribution in [1.82, 2.24) is 4.98 Å². The van der Waals surface area contributed by atoms with Crippen LogP contribution in [0, 0.1) is 0 Å². The summed E-state index contributed by atoms with van der Waals surface area (Å²) in [7, 11) is 0. The lowest BCUT2D eigenvalue weighted by Crippen LogP contribution is -2.29. The molecule has 7 nitrogen and oxygen atoms in total. The Balaban J connectivity index is 1.24. The van der Waals surface area contributed by atoms with E-state index in [2.05, 4.69) is 10.3 Å². The first kappa shape index (κ1) is 22.9. The van der Waals surface area contributed by atoms with Gasteiger partial charge in [-0.15, -0.1) is 0 Å². The number of para-hydroxylation sites is 1. The third kappa shape index (κ3) is 4.42. The number of ketones is 2. The molecule has 0 fully saturated rings. The van der Waals surface area contributed by atoms with Crippen LogP contribution in [-0.2, 0) is 14.3 Å². The molecule has 1 N–H and O–H groups in total. The van der Waals surface area contributed by atoms with Crippen molar-refractivity contribution in [3.8, 4) is 0 Å². The van der Waals surface area contributed by atoms with E-state index >= 15 is 0 Å². The number of nitrogens with one attached hydrogen (secondary N) is 1. The SMILES string of the molecule is CC(OC(=O)/C=C/c1ccc2ccccc2n1)C(=O)Nc1ccc2c(c1)C(=O)c1ccccc1C2=O. The molecule has 1 heterocycles. The van der Waals surface area contributed by atoms with Crippen molar-refractivity contribution in [3.05, 3.63) is 113 Å². The van der Waals surface area contributed by atoms with Gasteiger partial charge >= 0.3 is 5.97 Å². The standard InChI is InChI=1S/C29H20N2O5/c1-17(36-26(32)15-13-19-11-10-18-6-2-5-9-25(18)30-19)29(35)31-20-12-14-23-24(16-20)28(34)22-8-4-3-7-21(22)27(23)33/h2-17H,1H3,(H,31,35)/b15-13+. The molecule has 3 aromatic carbocycles. The van der Waals surface area contributed by atoms with Gasteiger partial charge in [0, 0.05) is 39.4 Å². The van der Waals surface area contributed by atoms with E-state index in [1.165, 1.54) is 37.3 Å². The highest BCUT2D eigenvalue weighted by molar-refractivity contribution is 6.28. The zero-order valence-electron chi connectivity index (χ0n) is 19.2. The largest absolute Gasteiger partial charge is 0.449 e. The maximum Gasteiger partial charge on any atom is 0.331 e. The summed E-state index contributed by atoms with van der Waals surface area (Å²) in [6, 6.07) is 22.4. The Hall–Kier alpha value is -4.91. The van der Waals surface area contributed by atoms with Gasteiger partial charge in [0.2, 0.25) is 0 Å². The van der Waals surface area contributed by atoms with Crippen LogP contribution in [0.25, 0.3) is 17.0 Å². The number of anilines is 1. The third-order valence-electron chi connectivity index (χ3n) is 5.86. The first-order chi connectivity index (χ1) is 17.4. The van der Waals surface area contributed by atoms with Gasteiger partial charge in [-0.25, -0.2) is 9.78 Å². The molecule has 1 aromatic heterocycles. The molecule has 1 atom stereocenters. The van der Waals surface area contributed by atoms with Crippen LogP contribution in [0.5, 0.6) is 0 Å². The summed E-state index contributed by atoms with van der Waals surface area (Å²) in [5, 5.41) is 3.62. The number of carbonyl (C=O) groups excluding carboxylic acids is 4. The first-order valence-corrected chi connectivity index (χ1v) is 11.3. The Morgan fingerprint density at radius 3 is 2.28 bits per heavy atom. The number of amides is 1.